The van der Waals surface area contributed by atoms with Crippen molar-refractivity contribution in [3.05, 3.63) is 82.5 Å². The van der Waals surface area contributed by atoms with Gasteiger partial charge in [0, 0.05) is 30.1 Å². The summed E-state index contributed by atoms with van der Waals surface area (Å²) in [4.78, 5) is 27.3. The minimum absolute atomic E-state index is 0.215. The fourth-order valence-electron chi connectivity index (χ4n) is 3.10. The molecule has 0 atom stereocenters. The van der Waals surface area contributed by atoms with E-state index in [1.54, 1.807) is 18.3 Å². The summed E-state index contributed by atoms with van der Waals surface area (Å²) in [6, 6.07) is 15.3. The fraction of sp³-hybridized carbons (Fsp3) is 0.217. The predicted octanol–water partition coefficient (Wildman–Crippen LogP) is 3.41. The molecule has 3 aromatic rings. The molecule has 0 aliphatic rings. The zero-order valence-electron chi connectivity index (χ0n) is 19.1. The van der Waals surface area contributed by atoms with Gasteiger partial charge in [-0.2, -0.15) is 0 Å². The summed E-state index contributed by atoms with van der Waals surface area (Å²) in [5.74, 6) is 0.531. The lowest BCUT2D eigenvalue weighted by atomic mass is 10.2. The van der Waals surface area contributed by atoms with Crippen LogP contribution in [0.1, 0.15) is 5.56 Å². The molecule has 0 aliphatic heterocycles. The first-order valence-electron chi connectivity index (χ1n) is 10.4. The van der Waals surface area contributed by atoms with Gasteiger partial charge in [-0.05, 0) is 49.4 Å². The summed E-state index contributed by atoms with van der Waals surface area (Å²) in [6.45, 7) is 1.31. The molecule has 1 amide bonds. The Hall–Kier alpha value is -3.64. The summed E-state index contributed by atoms with van der Waals surface area (Å²) < 4.78 is 33.1. The number of nitrogens with zero attached hydrogens (tertiary/aromatic N) is 3. The molecular formula is C23H24N4O6S2. The monoisotopic (exact) mass is 516 g/mol. The number of carbonyl (C=O) groups excluding carboxylic acids is 1. The van der Waals surface area contributed by atoms with Gasteiger partial charge in [0.05, 0.1) is 27.6 Å². The molecule has 10 nitrogen and oxygen atoms in total. The normalized spacial score (nSPS) is 11.0. The molecule has 2 aromatic carbocycles. The number of benzene rings is 2. The molecular weight excluding hydrogens is 492 g/mol. The van der Waals surface area contributed by atoms with Crippen molar-refractivity contribution in [1.82, 2.24) is 10.3 Å². The zero-order valence-corrected chi connectivity index (χ0v) is 20.7. The van der Waals surface area contributed by atoms with Crippen molar-refractivity contribution >= 4 is 39.1 Å². The van der Waals surface area contributed by atoms with Gasteiger partial charge in [-0.25, -0.2) is 13.4 Å². The molecule has 1 aromatic heterocycles. The van der Waals surface area contributed by atoms with Gasteiger partial charge in [0.25, 0.3) is 15.7 Å². The zero-order chi connectivity index (χ0) is 25.4. The maximum absolute atomic E-state index is 13.5. The molecule has 0 spiro atoms. The van der Waals surface area contributed by atoms with Crippen molar-refractivity contribution in [2.24, 2.45) is 0 Å². The number of amides is 1. The van der Waals surface area contributed by atoms with Gasteiger partial charge >= 0.3 is 0 Å². The Bertz CT molecular complexity index is 1290. The number of ether oxygens (including phenoxy) is 1. The van der Waals surface area contributed by atoms with Crippen molar-refractivity contribution in [2.45, 2.75) is 16.8 Å². The first-order valence-corrected chi connectivity index (χ1v) is 12.9. The fourth-order valence-corrected chi connectivity index (χ4v) is 5.27. The minimum atomic E-state index is -4.30. The second-order valence-corrected chi connectivity index (χ2v) is 10.3. The predicted molar refractivity (Wildman–Crippen MR) is 133 cm³/mol. The average molecular weight is 517 g/mol. The molecule has 0 unspecified atom stereocenters. The van der Waals surface area contributed by atoms with Gasteiger partial charge in [0.2, 0.25) is 5.91 Å². The van der Waals surface area contributed by atoms with Crippen LogP contribution in [0.3, 0.4) is 0 Å². The number of hydrogen-bond donors (Lipinski definition) is 1. The number of aromatic nitrogens is 1. The van der Waals surface area contributed by atoms with Crippen molar-refractivity contribution < 1.29 is 22.9 Å². The van der Waals surface area contributed by atoms with Gasteiger partial charge < -0.3 is 10.1 Å². The largest absolute Gasteiger partial charge is 0.497 e. The molecule has 12 heteroatoms. The van der Waals surface area contributed by atoms with E-state index in [1.807, 2.05) is 18.2 Å². The van der Waals surface area contributed by atoms with E-state index in [9.17, 15) is 23.3 Å². The smallest absolute Gasteiger partial charge is 0.273 e. The number of anilines is 1. The third-order valence-corrected chi connectivity index (χ3v) is 7.64. The van der Waals surface area contributed by atoms with E-state index in [1.165, 1.54) is 50.1 Å². The third kappa shape index (κ3) is 6.70. The average Bonchev–Trinajstić information content (AvgIpc) is 2.86. The highest BCUT2D eigenvalue weighted by atomic mass is 32.2. The Kier molecular flexibility index (Phi) is 8.66. The van der Waals surface area contributed by atoms with Crippen LogP contribution in [0.2, 0.25) is 0 Å². The van der Waals surface area contributed by atoms with Gasteiger partial charge in [-0.3, -0.25) is 19.2 Å². The molecule has 35 heavy (non-hydrogen) atoms. The van der Waals surface area contributed by atoms with E-state index < -0.39 is 27.4 Å². The van der Waals surface area contributed by atoms with E-state index in [-0.39, 0.29) is 16.3 Å². The van der Waals surface area contributed by atoms with Crippen molar-refractivity contribution in [2.75, 3.05) is 30.3 Å². The Morgan fingerprint density at radius 1 is 1.17 bits per heavy atom. The molecule has 184 valence electrons. The van der Waals surface area contributed by atoms with Crippen LogP contribution in [0.25, 0.3) is 0 Å². The number of sulfonamides is 1. The Morgan fingerprint density at radius 3 is 2.54 bits per heavy atom. The number of methoxy groups -OCH3 is 1. The van der Waals surface area contributed by atoms with Gasteiger partial charge in [0.1, 0.15) is 12.3 Å². The first-order chi connectivity index (χ1) is 16.7. The van der Waals surface area contributed by atoms with Crippen molar-refractivity contribution in [3.8, 4) is 5.75 Å². The number of nitrogens with one attached hydrogen (secondary N) is 1. The third-order valence-electron chi connectivity index (χ3n) is 4.92. The highest BCUT2D eigenvalue weighted by Gasteiger charge is 2.29. The van der Waals surface area contributed by atoms with Crippen LogP contribution < -0.4 is 14.4 Å². The van der Waals surface area contributed by atoms with Crippen LogP contribution in [0, 0.1) is 17.0 Å². The SMILES string of the molecule is COc1ccc(N(CC(=O)NCCSc2ccccn2)S(=O)(=O)c2ccc(C)c([N+](=O)[O-])c2)cc1. The Balaban J connectivity index is 1.81. The standard InChI is InChI=1S/C23H24N4O6S2/c1-17-6-11-20(15-21(17)27(29)30)35(31,32)26(18-7-9-19(33-2)10-8-18)16-22(28)24-13-14-34-23-5-3-4-12-25-23/h3-12,15H,13-14,16H2,1-2H3,(H,24,28). The highest BCUT2D eigenvalue weighted by molar-refractivity contribution is 7.99. The number of thioether (sulfide) groups is 1. The van der Waals surface area contributed by atoms with Crippen molar-refractivity contribution in [3.63, 3.8) is 0 Å². The Morgan fingerprint density at radius 2 is 1.91 bits per heavy atom. The molecule has 3 rings (SSSR count). The molecule has 0 radical (unpaired) electrons. The number of carbonyl (C=O) groups is 1. The first kappa shape index (κ1) is 26.0. The number of pyridine rings is 1. The topological polar surface area (TPSA) is 132 Å². The second kappa shape index (κ2) is 11.7. The molecule has 0 aliphatic carbocycles. The number of rotatable bonds is 11. The minimum Gasteiger partial charge on any atom is -0.497 e. The van der Waals surface area contributed by atoms with Crippen LogP contribution in [0.4, 0.5) is 11.4 Å². The molecule has 0 fully saturated rings. The Labute approximate surface area is 207 Å². The van der Waals surface area contributed by atoms with Gasteiger partial charge in [-0.1, -0.05) is 12.1 Å². The van der Waals surface area contributed by atoms with Gasteiger partial charge in [0.15, 0.2) is 0 Å². The van der Waals surface area contributed by atoms with Crippen LogP contribution >= 0.6 is 11.8 Å². The maximum atomic E-state index is 13.5. The summed E-state index contributed by atoms with van der Waals surface area (Å²) in [7, 11) is -2.83. The van der Waals surface area contributed by atoms with Crippen LogP contribution in [0.15, 0.2) is 76.8 Å². The molecule has 1 N–H and O–H groups in total. The molecule has 0 saturated heterocycles. The van der Waals surface area contributed by atoms with E-state index >= 15 is 0 Å². The van der Waals surface area contributed by atoms with Crippen LogP contribution in [-0.2, 0) is 14.8 Å². The van der Waals surface area contributed by atoms with E-state index in [4.69, 9.17) is 4.74 Å². The number of aryl methyl sites for hydroxylation is 1. The molecule has 1 heterocycles. The summed E-state index contributed by atoms with van der Waals surface area (Å²) >= 11 is 1.45. The number of hydrogen-bond acceptors (Lipinski definition) is 8. The number of nitro groups is 1. The van der Waals surface area contributed by atoms with Crippen molar-refractivity contribution in [1.29, 1.82) is 0 Å². The molecule has 0 bridgehead atoms. The van der Waals surface area contributed by atoms with E-state index in [0.717, 1.165) is 15.4 Å². The van der Waals surface area contributed by atoms with Crippen LogP contribution in [-0.4, -0.2) is 50.2 Å². The highest BCUT2D eigenvalue weighted by Crippen LogP contribution is 2.29. The summed E-state index contributed by atoms with van der Waals surface area (Å²) in [5, 5.41) is 14.9. The lowest BCUT2D eigenvalue weighted by Gasteiger charge is -2.24. The number of nitro benzene ring substituents is 1. The summed E-state index contributed by atoms with van der Waals surface area (Å²) in [6.07, 6.45) is 1.67. The lowest BCUT2D eigenvalue weighted by Crippen LogP contribution is -2.41. The molecule has 0 saturated carbocycles. The quantitative estimate of drug-likeness (QED) is 0.177. The summed E-state index contributed by atoms with van der Waals surface area (Å²) in [5.41, 5.74) is 0.219. The second-order valence-electron chi connectivity index (χ2n) is 7.28. The lowest BCUT2D eigenvalue weighted by molar-refractivity contribution is -0.385. The van der Waals surface area contributed by atoms with Crippen LogP contribution in [0.5, 0.6) is 5.75 Å². The maximum Gasteiger partial charge on any atom is 0.273 e. The van der Waals surface area contributed by atoms with E-state index in [0.29, 0.717) is 23.6 Å². The van der Waals surface area contributed by atoms with E-state index in [2.05, 4.69) is 10.3 Å². The van der Waals surface area contributed by atoms with Gasteiger partial charge in [-0.15, -0.1) is 11.8 Å².